The van der Waals surface area contributed by atoms with E-state index in [1.165, 1.54) is 0 Å². The molecule has 0 spiro atoms. The second-order valence-electron chi connectivity index (χ2n) is 5.42. The van der Waals surface area contributed by atoms with Crippen molar-refractivity contribution >= 4 is 6.03 Å². The van der Waals surface area contributed by atoms with Gasteiger partial charge in [-0.05, 0) is 12.3 Å². The lowest BCUT2D eigenvalue weighted by Crippen LogP contribution is -2.57. The van der Waals surface area contributed by atoms with Crippen LogP contribution in [-0.2, 0) is 4.74 Å². The largest absolute Gasteiger partial charge is 0.371 e. The van der Waals surface area contributed by atoms with Crippen LogP contribution in [0, 0.1) is 5.92 Å². The van der Waals surface area contributed by atoms with Crippen LogP contribution in [0.2, 0.25) is 0 Å². The molecule has 1 fully saturated rings. The Labute approximate surface area is 110 Å². The van der Waals surface area contributed by atoms with Crippen molar-refractivity contribution in [3.8, 4) is 0 Å². The first-order valence-corrected chi connectivity index (χ1v) is 6.94. The first kappa shape index (κ1) is 15.2. The van der Waals surface area contributed by atoms with E-state index in [0.717, 1.165) is 32.5 Å². The minimum atomic E-state index is -0.234. The zero-order chi connectivity index (χ0) is 13.4. The van der Waals surface area contributed by atoms with Crippen LogP contribution >= 0.6 is 0 Å². The summed E-state index contributed by atoms with van der Waals surface area (Å²) in [6.45, 7) is 9.98. The number of nitrogens with one attached hydrogen (secondary N) is 3. The monoisotopic (exact) mass is 257 g/mol. The van der Waals surface area contributed by atoms with Crippen molar-refractivity contribution in [1.29, 1.82) is 0 Å². The maximum Gasteiger partial charge on any atom is 0.314 e. The molecule has 1 aliphatic heterocycles. The van der Waals surface area contributed by atoms with Gasteiger partial charge >= 0.3 is 6.03 Å². The summed E-state index contributed by atoms with van der Waals surface area (Å²) in [6, 6.07) is -0.103. The number of hydrogen-bond acceptors (Lipinski definition) is 3. The van der Waals surface area contributed by atoms with Gasteiger partial charge in [0, 0.05) is 26.2 Å². The van der Waals surface area contributed by atoms with Gasteiger partial charge in [0.05, 0.1) is 12.2 Å². The van der Waals surface area contributed by atoms with Crippen molar-refractivity contribution < 1.29 is 9.53 Å². The lowest BCUT2D eigenvalue weighted by molar-refractivity contribution is -0.0681. The third-order valence-electron chi connectivity index (χ3n) is 3.08. The van der Waals surface area contributed by atoms with Crippen molar-refractivity contribution in [2.24, 2.45) is 5.92 Å². The number of urea groups is 1. The van der Waals surface area contributed by atoms with Gasteiger partial charge in [0.1, 0.15) is 0 Å². The van der Waals surface area contributed by atoms with Crippen molar-refractivity contribution in [2.45, 2.75) is 39.2 Å². The summed E-state index contributed by atoms with van der Waals surface area (Å²) in [4.78, 5) is 11.6. The smallest absolute Gasteiger partial charge is 0.314 e. The van der Waals surface area contributed by atoms with Gasteiger partial charge in [0.25, 0.3) is 0 Å². The van der Waals surface area contributed by atoms with E-state index in [0.29, 0.717) is 19.0 Å². The van der Waals surface area contributed by atoms with Gasteiger partial charge in [0.2, 0.25) is 0 Å². The van der Waals surface area contributed by atoms with Gasteiger partial charge in [-0.2, -0.15) is 0 Å². The first-order valence-electron chi connectivity index (χ1n) is 6.94. The Bertz CT molecular complexity index is 245. The third-order valence-corrected chi connectivity index (χ3v) is 3.08. The number of morpholine rings is 1. The summed E-state index contributed by atoms with van der Waals surface area (Å²) in [7, 11) is 0. The van der Waals surface area contributed by atoms with Crippen LogP contribution in [0.25, 0.3) is 0 Å². The molecule has 0 aliphatic carbocycles. The number of carbonyl (C=O) groups excluding carboxylic acids is 1. The maximum absolute atomic E-state index is 11.6. The molecule has 5 heteroatoms. The molecule has 0 radical (unpaired) electrons. The molecule has 0 saturated carbocycles. The molecular weight excluding hydrogens is 230 g/mol. The zero-order valence-electron chi connectivity index (χ0n) is 11.8. The molecule has 1 rings (SSSR count). The first-order chi connectivity index (χ1) is 8.58. The molecule has 1 atom stereocenters. The van der Waals surface area contributed by atoms with Gasteiger partial charge in [0.15, 0.2) is 0 Å². The fourth-order valence-electron chi connectivity index (χ4n) is 2.13. The van der Waals surface area contributed by atoms with Crippen LogP contribution in [0.15, 0.2) is 0 Å². The molecule has 3 N–H and O–H groups in total. The van der Waals surface area contributed by atoms with Gasteiger partial charge < -0.3 is 20.7 Å². The molecule has 2 amide bonds. The van der Waals surface area contributed by atoms with E-state index in [-0.39, 0.29) is 11.6 Å². The standard InChI is InChI=1S/C13H27N3O2/c1-4-5-13(9-14-6-7-18-13)10-16-12(17)15-8-11(2)3/h11,14H,4-10H2,1-3H3,(H2,15,16,17). The second-order valence-corrected chi connectivity index (χ2v) is 5.42. The fraction of sp³-hybridized carbons (Fsp3) is 0.923. The topological polar surface area (TPSA) is 62.4 Å². The Morgan fingerprint density at radius 1 is 1.44 bits per heavy atom. The predicted octanol–water partition coefficient (Wildman–Crippen LogP) is 1.10. The van der Waals surface area contributed by atoms with E-state index >= 15 is 0 Å². The quantitative estimate of drug-likeness (QED) is 0.668. The molecule has 106 valence electrons. The van der Waals surface area contributed by atoms with Crippen LogP contribution in [-0.4, -0.2) is 44.4 Å². The van der Waals surface area contributed by atoms with E-state index in [4.69, 9.17) is 4.74 Å². The van der Waals surface area contributed by atoms with E-state index < -0.39 is 0 Å². The van der Waals surface area contributed by atoms with Crippen molar-refractivity contribution in [1.82, 2.24) is 16.0 Å². The average molecular weight is 257 g/mol. The Morgan fingerprint density at radius 2 is 2.22 bits per heavy atom. The van der Waals surface area contributed by atoms with E-state index in [9.17, 15) is 4.79 Å². The van der Waals surface area contributed by atoms with Gasteiger partial charge in [-0.3, -0.25) is 0 Å². The molecule has 1 saturated heterocycles. The summed E-state index contributed by atoms with van der Waals surface area (Å²) in [5.41, 5.74) is -0.234. The highest BCUT2D eigenvalue weighted by atomic mass is 16.5. The summed E-state index contributed by atoms with van der Waals surface area (Å²) < 4.78 is 5.88. The molecule has 0 bridgehead atoms. The van der Waals surface area contributed by atoms with Gasteiger partial charge in [-0.1, -0.05) is 27.2 Å². The number of hydrogen-bond donors (Lipinski definition) is 3. The molecule has 1 heterocycles. The normalized spacial score (nSPS) is 24.0. The molecular formula is C13H27N3O2. The average Bonchev–Trinajstić information content (AvgIpc) is 2.35. The van der Waals surface area contributed by atoms with Crippen molar-refractivity contribution in [3.63, 3.8) is 0 Å². The summed E-state index contributed by atoms with van der Waals surface area (Å²) in [5.74, 6) is 0.466. The van der Waals surface area contributed by atoms with Gasteiger partial charge in [-0.15, -0.1) is 0 Å². The highest BCUT2D eigenvalue weighted by molar-refractivity contribution is 5.73. The molecule has 1 unspecified atom stereocenters. The second kappa shape index (κ2) is 7.59. The van der Waals surface area contributed by atoms with Crippen LogP contribution in [0.1, 0.15) is 33.6 Å². The van der Waals surface area contributed by atoms with Crippen molar-refractivity contribution in [2.75, 3.05) is 32.8 Å². The predicted molar refractivity (Wildman–Crippen MR) is 72.7 cm³/mol. The maximum atomic E-state index is 11.6. The minimum absolute atomic E-state index is 0.103. The molecule has 0 aromatic carbocycles. The van der Waals surface area contributed by atoms with Crippen LogP contribution in [0.3, 0.4) is 0 Å². The van der Waals surface area contributed by atoms with Crippen LogP contribution < -0.4 is 16.0 Å². The molecule has 1 aliphatic rings. The van der Waals surface area contributed by atoms with E-state index in [2.05, 4.69) is 36.7 Å². The van der Waals surface area contributed by atoms with Gasteiger partial charge in [-0.25, -0.2) is 4.79 Å². The number of ether oxygens (including phenoxy) is 1. The Kier molecular flexibility index (Phi) is 6.43. The summed E-state index contributed by atoms with van der Waals surface area (Å²) in [5, 5.41) is 9.11. The summed E-state index contributed by atoms with van der Waals surface area (Å²) >= 11 is 0. The van der Waals surface area contributed by atoms with Crippen molar-refractivity contribution in [3.05, 3.63) is 0 Å². The minimum Gasteiger partial charge on any atom is -0.371 e. The lowest BCUT2D eigenvalue weighted by Gasteiger charge is -2.37. The molecule has 5 nitrogen and oxygen atoms in total. The SMILES string of the molecule is CCCC1(CNC(=O)NCC(C)C)CNCCO1. The Hall–Kier alpha value is -0.810. The third kappa shape index (κ3) is 5.23. The Balaban J connectivity index is 2.34. The lowest BCUT2D eigenvalue weighted by atomic mass is 9.96. The molecule has 0 aromatic heterocycles. The summed E-state index contributed by atoms with van der Waals surface area (Å²) in [6.07, 6.45) is 2.02. The highest BCUT2D eigenvalue weighted by Crippen LogP contribution is 2.19. The Morgan fingerprint density at radius 3 is 2.78 bits per heavy atom. The van der Waals surface area contributed by atoms with E-state index in [1.807, 2.05) is 0 Å². The number of amides is 2. The number of carbonyl (C=O) groups is 1. The zero-order valence-corrected chi connectivity index (χ0v) is 11.8. The van der Waals surface area contributed by atoms with E-state index in [1.54, 1.807) is 0 Å². The molecule has 18 heavy (non-hydrogen) atoms. The fourth-order valence-corrected chi connectivity index (χ4v) is 2.13. The number of rotatable bonds is 6. The van der Waals surface area contributed by atoms with Crippen LogP contribution in [0.4, 0.5) is 4.79 Å². The highest BCUT2D eigenvalue weighted by Gasteiger charge is 2.32. The van der Waals surface area contributed by atoms with Crippen LogP contribution in [0.5, 0.6) is 0 Å². The molecule has 0 aromatic rings.